The lowest BCUT2D eigenvalue weighted by atomic mass is 10.00. The Morgan fingerprint density at radius 2 is 2.04 bits per heavy atom. The number of rotatable bonds is 5. The molecule has 1 fully saturated rings. The van der Waals surface area contributed by atoms with Crippen molar-refractivity contribution in [2.45, 2.75) is 51.5 Å². The van der Waals surface area contributed by atoms with Crippen LogP contribution in [0.1, 0.15) is 39.7 Å². The quantitative estimate of drug-likeness (QED) is 0.720. The summed E-state index contributed by atoms with van der Waals surface area (Å²) in [6, 6.07) is 9.29. The van der Waals surface area contributed by atoms with Gasteiger partial charge in [-0.15, -0.1) is 0 Å². The second-order valence-electron chi connectivity index (χ2n) is 6.79. The molecule has 1 saturated heterocycles. The molecule has 0 N–H and O–H groups in total. The molecule has 5 nitrogen and oxygen atoms in total. The Kier molecular flexibility index (Phi) is 5.85. The first kappa shape index (κ1) is 19.4. The van der Waals surface area contributed by atoms with Gasteiger partial charge >= 0.3 is 5.97 Å². The van der Waals surface area contributed by atoms with Crippen LogP contribution in [0.15, 0.2) is 52.7 Å². The van der Waals surface area contributed by atoms with Crippen LogP contribution < -0.4 is 0 Å². The summed E-state index contributed by atoms with van der Waals surface area (Å²) in [5.41, 5.74) is 2.03. The summed E-state index contributed by atoms with van der Waals surface area (Å²) in [6.45, 7) is 7.40. The average Bonchev–Trinajstić information content (AvgIpc) is 2.95. The van der Waals surface area contributed by atoms with Gasteiger partial charge in [0.05, 0.1) is 28.7 Å². The van der Waals surface area contributed by atoms with E-state index < -0.39 is 12.0 Å². The molecule has 2 heterocycles. The highest BCUT2D eigenvalue weighted by Gasteiger charge is 2.45. The molecule has 0 bridgehead atoms. The second kappa shape index (κ2) is 8.13. The fraction of sp³-hybridized carbons (Fsp3) is 0.381. The van der Waals surface area contributed by atoms with E-state index in [9.17, 15) is 9.59 Å². The molecule has 1 aromatic rings. The van der Waals surface area contributed by atoms with Crippen LogP contribution in [-0.2, 0) is 14.3 Å². The third-order valence-electron chi connectivity index (χ3n) is 4.40. The lowest BCUT2D eigenvalue weighted by Crippen LogP contribution is -2.45. The van der Waals surface area contributed by atoms with Crippen LogP contribution in [0.25, 0.3) is 6.08 Å². The summed E-state index contributed by atoms with van der Waals surface area (Å²) in [4.78, 5) is 31.8. The molecule has 1 aromatic carbocycles. The van der Waals surface area contributed by atoms with E-state index >= 15 is 0 Å². The minimum absolute atomic E-state index is 0.00805. The van der Waals surface area contributed by atoms with Crippen LogP contribution >= 0.6 is 11.8 Å². The minimum Gasteiger partial charge on any atom is -0.459 e. The van der Waals surface area contributed by atoms with E-state index in [0.717, 1.165) is 12.0 Å². The highest BCUT2D eigenvalue weighted by atomic mass is 32.2. The normalized spacial score (nSPS) is 22.5. The van der Waals surface area contributed by atoms with Crippen LogP contribution in [0.4, 0.5) is 0 Å². The zero-order chi connectivity index (χ0) is 19.6. The fourth-order valence-corrected chi connectivity index (χ4v) is 4.26. The van der Waals surface area contributed by atoms with E-state index in [1.54, 1.807) is 11.8 Å². The van der Waals surface area contributed by atoms with Gasteiger partial charge in [-0.05, 0) is 32.8 Å². The Bertz CT molecular complexity index is 827. The number of fused-ring (bicyclic) bond motifs is 1. The number of allylic oxidation sites excluding steroid dienone is 1. The molecule has 2 unspecified atom stereocenters. The first-order valence-electron chi connectivity index (χ1n) is 9.15. The lowest BCUT2D eigenvalue weighted by Gasteiger charge is -2.31. The van der Waals surface area contributed by atoms with Crippen molar-refractivity contribution in [3.8, 4) is 0 Å². The van der Waals surface area contributed by atoms with Gasteiger partial charge < -0.3 is 4.74 Å². The highest BCUT2D eigenvalue weighted by Crippen LogP contribution is 2.38. The Morgan fingerprint density at radius 1 is 1.33 bits per heavy atom. The number of thioether (sulfide) groups is 1. The number of amides is 1. The Morgan fingerprint density at radius 3 is 2.67 bits per heavy atom. The summed E-state index contributed by atoms with van der Waals surface area (Å²) >= 11 is 1.47. The molecule has 0 spiro atoms. The van der Waals surface area contributed by atoms with E-state index in [4.69, 9.17) is 4.74 Å². The minimum atomic E-state index is -0.513. The summed E-state index contributed by atoms with van der Waals surface area (Å²) in [7, 11) is 0. The molecule has 2 aliphatic rings. The molecular weight excluding hydrogens is 360 g/mol. The molecule has 27 heavy (non-hydrogen) atoms. The first-order chi connectivity index (χ1) is 12.9. The molecule has 2 aliphatic heterocycles. The highest BCUT2D eigenvalue weighted by molar-refractivity contribution is 8.15. The number of carbonyl (C=O) groups is 2. The number of aliphatic imine (C=N–C) groups is 1. The van der Waals surface area contributed by atoms with E-state index in [-0.39, 0.29) is 17.3 Å². The standard InChI is InChI=1S/C21H24N2O3S/c1-5-17-19(24)23-16(12-11-15-9-7-6-8-10-15)18(20(25)26-13(2)3)14(4)22-21(23)27-17/h6-13,16-17H,5H2,1-4H3/b12-11+. The van der Waals surface area contributed by atoms with Crippen molar-refractivity contribution in [3.05, 3.63) is 53.2 Å². The third-order valence-corrected chi connectivity index (χ3v) is 5.72. The van der Waals surface area contributed by atoms with Crippen molar-refractivity contribution in [1.29, 1.82) is 0 Å². The zero-order valence-electron chi connectivity index (χ0n) is 16.0. The maximum absolute atomic E-state index is 12.9. The van der Waals surface area contributed by atoms with Gasteiger partial charge in [0.1, 0.15) is 0 Å². The molecule has 3 rings (SSSR count). The predicted molar refractivity (Wildman–Crippen MR) is 109 cm³/mol. The SMILES string of the molecule is CCC1SC2=NC(C)=C(C(=O)OC(C)C)C(/C=C/c3ccccc3)N2C1=O. The molecule has 6 heteroatoms. The molecule has 0 radical (unpaired) electrons. The number of hydrogen-bond acceptors (Lipinski definition) is 5. The average molecular weight is 385 g/mol. The van der Waals surface area contributed by atoms with Crippen molar-refractivity contribution in [1.82, 2.24) is 4.90 Å². The smallest absolute Gasteiger partial charge is 0.338 e. The van der Waals surface area contributed by atoms with Crippen LogP contribution in [0.2, 0.25) is 0 Å². The van der Waals surface area contributed by atoms with Gasteiger partial charge in [-0.25, -0.2) is 9.79 Å². The lowest BCUT2D eigenvalue weighted by molar-refractivity contribution is -0.143. The van der Waals surface area contributed by atoms with Crippen LogP contribution in [-0.4, -0.2) is 39.3 Å². The van der Waals surface area contributed by atoms with Crippen molar-refractivity contribution < 1.29 is 14.3 Å². The van der Waals surface area contributed by atoms with Crippen molar-refractivity contribution >= 4 is 34.9 Å². The maximum atomic E-state index is 12.9. The van der Waals surface area contributed by atoms with E-state index in [1.807, 2.05) is 63.3 Å². The van der Waals surface area contributed by atoms with Gasteiger partial charge in [-0.2, -0.15) is 0 Å². The van der Waals surface area contributed by atoms with Gasteiger partial charge in [0, 0.05) is 0 Å². The molecule has 0 aromatic heterocycles. The van der Waals surface area contributed by atoms with E-state index in [0.29, 0.717) is 16.4 Å². The Hall–Kier alpha value is -2.34. The van der Waals surface area contributed by atoms with Gasteiger partial charge in [0.25, 0.3) is 0 Å². The number of esters is 1. The molecule has 1 amide bonds. The van der Waals surface area contributed by atoms with E-state index in [2.05, 4.69) is 4.99 Å². The molecular formula is C21H24N2O3S. The van der Waals surface area contributed by atoms with Gasteiger partial charge in [-0.1, -0.05) is 61.2 Å². The Labute approximate surface area is 164 Å². The number of nitrogens with zero attached hydrogens (tertiary/aromatic N) is 2. The molecule has 0 aliphatic carbocycles. The van der Waals surface area contributed by atoms with Crippen molar-refractivity contribution in [2.24, 2.45) is 4.99 Å². The molecule has 142 valence electrons. The number of ether oxygens (including phenoxy) is 1. The topological polar surface area (TPSA) is 59.0 Å². The fourth-order valence-electron chi connectivity index (χ4n) is 3.12. The molecule has 0 saturated carbocycles. The number of hydrogen-bond donors (Lipinski definition) is 0. The third kappa shape index (κ3) is 4.00. The predicted octanol–water partition coefficient (Wildman–Crippen LogP) is 4.02. The summed E-state index contributed by atoms with van der Waals surface area (Å²) < 4.78 is 5.43. The second-order valence-corrected chi connectivity index (χ2v) is 7.96. The van der Waals surface area contributed by atoms with Crippen molar-refractivity contribution in [2.75, 3.05) is 0 Å². The van der Waals surface area contributed by atoms with Gasteiger partial charge in [0.15, 0.2) is 5.17 Å². The number of benzene rings is 1. The van der Waals surface area contributed by atoms with Gasteiger partial charge in [-0.3, -0.25) is 9.69 Å². The van der Waals surface area contributed by atoms with Crippen LogP contribution in [0.5, 0.6) is 0 Å². The van der Waals surface area contributed by atoms with Crippen LogP contribution in [0, 0.1) is 0 Å². The monoisotopic (exact) mass is 384 g/mol. The molecule has 2 atom stereocenters. The largest absolute Gasteiger partial charge is 0.459 e. The summed E-state index contributed by atoms with van der Waals surface area (Å²) in [6.07, 6.45) is 4.30. The van der Waals surface area contributed by atoms with E-state index in [1.165, 1.54) is 11.8 Å². The zero-order valence-corrected chi connectivity index (χ0v) is 16.8. The van der Waals surface area contributed by atoms with Gasteiger partial charge in [0.2, 0.25) is 5.91 Å². The Balaban J connectivity index is 2.02. The number of amidine groups is 1. The maximum Gasteiger partial charge on any atom is 0.338 e. The van der Waals surface area contributed by atoms with Crippen molar-refractivity contribution in [3.63, 3.8) is 0 Å². The summed E-state index contributed by atoms with van der Waals surface area (Å²) in [5.74, 6) is -0.433. The number of carbonyl (C=O) groups excluding carboxylic acids is 2. The summed E-state index contributed by atoms with van der Waals surface area (Å²) in [5, 5.41) is 0.498. The first-order valence-corrected chi connectivity index (χ1v) is 10.0. The van der Waals surface area contributed by atoms with Crippen LogP contribution in [0.3, 0.4) is 0 Å².